The molecule has 0 bridgehead atoms. The van der Waals surface area contributed by atoms with Gasteiger partial charge in [0, 0.05) is 25.8 Å². The topological polar surface area (TPSA) is 68.4 Å². The Morgan fingerprint density at radius 1 is 1.17 bits per heavy atom. The molecule has 0 radical (unpaired) electrons. The molecule has 0 unspecified atom stereocenters. The lowest BCUT2D eigenvalue weighted by Crippen LogP contribution is -2.66. The predicted molar refractivity (Wildman–Crippen MR) is 112 cm³/mol. The Morgan fingerprint density at radius 3 is 2.76 bits per heavy atom. The first-order chi connectivity index (χ1) is 14.0. The van der Waals surface area contributed by atoms with Crippen LogP contribution in [0.1, 0.15) is 40.9 Å². The minimum Gasteiger partial charge on any atom is -0.357 e. The maximum Gasteiger partial charge on any atom is 0.270 e. The van der Waals surface area contributed by atoms with Gasteiger partial charge in [0.15, 0.2) is 0 Å². The van der Waals surface area contributed by atoms with E-state index in [9.17, 15) is 9.59 Å². The van der Waals surface area contributed by atoms with Gasteiger partial charge in [0.1, 0.15) is 5.69 Å². The van der Waals surface area contributed by atoms with Crippen molar-refractivity contribution >= 4 is 11.8 Å². The third-order valence-corrected chi connectivity index (χ3v) is 6.70. The average molecular weight is 395 g/mol. The van der Waals surface area contributed by atoms with Gasteiger partial charge >= 0.3 is 0 Å². The fraction of sp³-hybridized carbons (Fsp3) is 0.478. The van der Waals surface area contributed by atoms with Crippen molar-refractivity contribution in [2.24, 2.45) is 5.41 Å². The molecule has 2 atom stereocenters. The van der Waals surface area contributed by atoms with Crippen LogP contribution in [0.3, 0.4) is 0 Å². The zero-order valence-electron chi connectivity index (χ0n) is 17.3. The number of aromatic nitrogens is 1. The van der Waals surface area contributed by atoms with Gasteiger partial charge in [0.2, 0.25) is 5.91 Å². The molecule has 0 saturated carbocycles. The van der Waals surface area contributed by atoms with E-state index in [-0.39, 0.29) is 17.9 Å². The van der Waals surface area contributed by atoms with Crippen LogP contribution in [0.5, 0.6) is 0 Å². The Bertz CT molecular complexity index is 879. The summed E-state index contributed by atoms with van der Waals surface area (Å²) in [6.07, 6.45) is 4.23. The van der Waals surface area contributed by atoms with E-state index in [0.717, 1.165) is 37.9 Å². The SMILES string of the molecule is Cc1ccccc1CNC(=O)[C@@]12CCCN(C(=O)c3ccc[nH]3)[C@H]1CN(C)CC2. The van der Waals surface area contributed by atoms with Crippen molar-refractivity contribution in [3.63, 3.8) is 0 Å². The summed E-state index contributed by atoms with van der Waals surface area (Å²) in [5, 5.41) is 3.21. The van der Waals surface area contributed by atoms with Gasteiger partial charge in [-0.25, -0.2) is 0 Å². The maximum atomic E-state index is 13.5. The van der Waals surface area contributed by atoms with Crippen molar-refractivity contribution in [1.82, 2.24) is 20.1 Å². The quantitative estimate of drug-likeness (QED) is 0.838. The van der Waals surface area contributed by atoms with Crippen molar-refractivity contribution in [2.75, 3.05) is 26.7 Å². The lowest BCUT2D eigenvalue weighted by atomic mass is 9.67. The number of likely N-dealkylation sites (N-methyl/N-ethyl adjacent to an activating group) is 1. The molecule has 2 aliphatic rings. The molecular weight excluding hydrogens is 364 g/mol. The first-order valence-corrected chi connectivity index (χ1v) is 10.5. The molecule has 154 valence electrons. The molecule has 2 amide bonds. The summed E-state index contributed by atoms with van der Waals surface area (Å²) < 4.78 is 0. The van der Waals surface area contributed by atoms with Gasteiger partial charge in [-0.3, -0.25) is 9.59 Å². The maximum absolute atomic E-state index is 13.5. The smallest absolute Gasteiger partial charge is 0.270 e. The number of nitrogens with one attached hydrogen (secondary N) is 2. The summed E-state index contributed by atoms with van der Waals surface area (Å²) in [6, 6.07) is 11.7. The van der Waals surface area contributed by atoms with E-state index in [0.29, 0.717) is 18.8 Å². The normalized spacial score (nSPS) is 24.8. The van der Waals surface area contributed by atoms with E-state index in [1.165, 1.54) is 5.56 Å². The fourth-order valence-corrected chi connectivity index (χ4v) is 4.93. The summed E-state index contributed by atoms with van der Waals surface area (Å²) in [5.41, 5.74) is 2.39. The molecule has 6 nitrogen and oxygen atoms in total. The lowest BCUT2D eigenvalue weighted by Gasteiger charge is -2.53. The molecule has 3 heterocycles. The second-order valence-electron chi connectivity index (χ2n) is 8.48. The number of likely N-dealkylation sites (tertiary alicyclic amines) is 2. The minimum atomic E-state index is -0.518. The molecule has 0 aliphatic carbocycles. The number of benzene rings is 1. The molecule has 2 fully saturated rings. The van der Waals surface area contributed by atoms with Crippen LogP contribution in [0.4, 0.5) is 0 Å². The third-order valence-electron chi connectivity index (χ3n) is 6.70. The monoisotopic (exact) mass is 394 g/mol. The minimum absolute atomic E-state index is 0.00826. The van der Waals surface area contributed by atoms with Gasteiger partial charge in [-0.05, 0) is 63.0 Å². The number of carbonyl (C=O) groups is 2. The van der Waals surface area contributed by atoms with Gasteiger partial charge < -0.3 is 20.1 Å². The van der Waals surface area contributed by atoms with Crippen LogP contribution in [0, 0.1) is 12.3 Å². The van der Waals surface area contributed by atoms with Gasteiger partial charge in [0.05, 0.1) is 11.5 Å². The number of rotatable bonds is 4. The zero-order chi connectivity index (χ0) is 20.4. The molecule has 6 heteroatoms. The second-order valence-corrected chi connectivity index (χ2v) is 8.48. The number of nitrogens with zero attached hydrogens (tertiary/aromatic N) is 2. The second kappa shape index (κ2) is 8.03. The fourth-order valence-electron chi connectivity index (χ4n) is 4.93. The van der Waals surface area contributed by atoms with Crippen LogP contribution in [-0.4, -0.2) is 59.3 Å². The number of piperidine rings is 2. The zero-order valence-corrected chi connectivity index (χ0v) is 17.3. The lowest BCUT2D eigenvalue weighted by molar-refractivity contribution is -0.142. The van der Waals surface area contributed by atoms with Gasteiger partial charge in [-0.1, -0.05) is 24.3 Å². The molecule has 29 heavy (non-hydrogen) atoms. The summed E-state index contributed by atoms with van der Waals surface area (Å²) >= 11 is 0. The molecule has 1 aromatic carbocycles. The Hall–Kier alpha value is -2.60. The summed E-state index contributed by atoms with van der Waals surface area (Å²) in [6.45, 7) is 4.89. The molecule has 2 saturated heterocycles. The Morgan fingerprint density at radius 2 is 2.00 bits per heavy atom. The highest BCUT2D eigenvalue weighted by atomic mass is 16.2. The number of aryl methyl sites for hydroxylation is 1. The number of amides is 2. The number of fused-ring (bicyclic) bond motifs is 1. The van der Waals surface area contributed by atoms with Crippen LogP contribution in [-0.2, 0) is 11.3 Å². The van der Waals surface area contributed by atoms with Crippen LogP contribution >= 0.6 is 0 Å². The van der Waals surface area contributed by atoms with Gasteiger partial charge in [-0.2, -0.15) is 0 Å². The molecule has 4 rings (SSSR count). The molecular formula is C23H30N4O2. The Labute approximate surface area is 172 Å². The van der Waals surface area contributed by atoms with E-state index >= 15 is 0 Å². The summed E-state index contributed by atoms with van der Waals surface area (Å²) in [4.78, 5) is 33.9. The van der Waals surface area contributed by atoms with Crippen LogP contribution in [0.2, 0.25) is 0 Å². The van der Waals surface area contributed by atoms with Crippen molar-refractivity contribution in [3.8, 4) is 0 Å². The molecule has 1 aromatic heterocycles. The highest BCUT2D eigenvalue weighted by molar-refractivity contribution is 5.94. The summed E-state index contributed by atoms with van der Waals surface area (Å²) in [5.74, 6) is 0.0777. The van der Waals surface area contributed by atoms with Gasteiger partial charge in [-0.15, -0.1) is 0 Å². The number of carbonyl (C=O) groups excluding carboxylic acids is 2. The summed E-state index contributed by atoms with van der Waals surface area (Å²) in [7, 11) is 2.07. The third kappa shape index (κ3) is 3.69. The van der Waals surface area contributed by atoms with E-state index in [1.54, 1.807) is 6.20 Å². The highest BCUT2D eigenvalue weighted by Crippen LogP contribution is 2.43. The molecule has 0 spiro atoms. The van der Waals surface area contributed by atoms with E-state index < -0.39 is 5.41 Å². The van der Waals surface area contributed by atoms with Crippen LogP contribution in [0.15, 0.2) is 42.6 Å². The van der Waals surface area contributed by atoms with Crippen LogP contribution in [0.25, 0.3) is 0 Å². The highest BCUT2D eigenvalue weighted by Gasteiger charge is 2.53. The van der Waals surface area contributed by atoms with Crippen LogP contribution < -0.4 is 5.32 Å². The first-order valence-electron chi connectivity index (χ1n) is 10.5. The average Bonchev–Trinajstić information content (AvgIpc) is 3.27. The van der Waals surface area contributed by atoms with E-state index in [2.05, 4.69) is 41.3 Å². The number of aromatic amines is 1. The molecule has 2 N–H and O–H groups in total. The molecule has 2 aromatic rings. The molecule has 2 aliphatic heterocycles. The standard InChI is InChI=1S/C23H30N4O2/c1-17-7-3-4-8-18(17)15-25-22(29)23-10-6-13-27(20(23)16-26(2)14-11-23)21(28)19-9-5-12-24-19/h3-5,7-9,12,20,24H,6,10-11,13-16H2,1-2H3,(H,25,29)/t20-,23+/m0/s1. The number of H-pyrrole nitrogens is 1. The number of hydrogen-bond donors (Lipinski definition) is 2. The predicted octanol–water partition coefficient (Wildman–Crippen LogP) is 2.57. The number of hydrogen-bond acceptors (Lipinski definition) is 3. The van der Waals surface area contributed by atoms with Crippen molar-refractivity contribution in [3.05, 3.63) is 59.4 Å². The Kier molecular flexibility index (Phi) is 5.46. The van der Waals surface area contributed by atoms with Crippen molar-refractivity contribution in [1.29, 1.82) is 0 Å². The van der Waals surface area contributed by atoms with E-state index in [1.807, 2.05) is 29.2 Å². The van der Waals surface area contributed by atoms with E-state index in [4.69, 9.17) is 0 Å². The Balaban J connectivity index is 1.57. The van der Waals surface area contributed by atoms with Crippen molar-refractivity contribution in [2.45, 2.75) is 38.8 Å². The largest absolute Gasteiger partial charge is 0.357 e. The van der Waals surface area contributed by atoms with Crippen molar-refractivity contribution < 1.29 is 9.59 Å². The first kappa shape index (κ1) is 19.7. The van der Waals surface area contributed by atoms with Gasteiger partial charge in [0.25, 0.3) is 5.91 Å².